The van der Waals surface area contributed by atoms with Crippen LogP contribution in [0.15, 0.2) is 54.6 Å². The topological polar surface area (TPSA) is 73.6 Å². The van der Waals surface area contributed by atoms with Gasteiger partial charge in [-0.15, -0.1) is 12.4 Å². The molecule has 0 bridgehead atoms. The normalized spacial score (nSPS) is 15.4. The van der Waals surface area contributed by atoms with E-state index in [0.29, 0.717) is 45.8 Å². The predicted molar refractivity (Wildman–Crippen MR) is 108 cm³/mol. The minimum Gasteiger partial charge on any atom is -0.489 e. The molecule has 27 heavy (non-hydrogen) atoms. The molecule has 1 amide bonds. The number of halogens is 1. The van der Waals surface area contributed by atoms with Crippen LogP contribution in [0.4, 0.5) is 0 Å². The van der Waals surface area contributed by atoms with E-state index in [-0.39, 0.29) is 18.3 Å². The third-order valence-corrected chi connectivity index (χ3v) is 4.95. The van der Waals surface area contributed by atoms with Gasteiger partial charge in [-0.25, -0.2) is 0 Å². The molecule has 6 heteroatoms. The number of carbonyl (C=O) groups excluding carboxylic acids is 1. The zero-order chi connectivity index (χ0) is 18.2. The molecule has 2 aromatic carbocycles. The molecule has 0 radical (unpaired) electrons. The van der Waals surface area contributed by atoms with Gasteiger partial charge in [0.1, 0.15) is 12.4 Å². The first-order valence-corrected chi connectivity index (χ1v) is 9.04. The van der Waals surface area contributed by atoms with Gasteiger partial charge < -0.3 is 20.5 Å². The Hall–Kier alpha value is -2.08. The molecule has 0 unspecified atom stereocenters. The molecule has 3 N–H and O–H groups in total. The van der Waals surface area contributed by atoms with E-state index in [9.17, 15) is 4.79 Å². The van der Waals surface area contributed by atoms with E-state index in [2.05, 4.69) is 5.32 Å². The van der Waals surface area contributed by atoms with Crippen LogP contribution in [0.5, 0.6) is 5.75 Å². The van der Waals surface area contributed by atoms with Crippen LogP contribution >= 0.6 is 12.4 Å². The first-order chi connectivity index (χ1) is 12.7. The number of carbonyl (C=O) groups is 1. The van der Waals surface area contributed by atoms with Crippen LogP contribution in [0.2, 0.25) is 0 Å². The summed E-state index contributed by atoms with van der Waals surface area (Å²) < 4.78 is 11.1. The molecule has 0 atom stereocenters. The minimum atomic E-state index is -0.484. The molecule has 0 spiro atoms. The summed E-state index contributed by atoms with van der Waals surface area (Å²) in [6.45, 7) is 2.58. The Morgan fingerprint density at radius 1 is 1.04 bits per heavy atom. The van der Waals surface area contributed by atoms with Crippen molar-refractivity contribution in [2.24, 2.45) is 11.1 Å². The van der Waals surface area contributed by atoms with Crippen molar-refractivity contribution >= 4 is 18.3 Å². The molecule has 0 aliphatic carbocycles. The van der Waals surface area contributed by atoms with Gasteiger partial charge in [0.25, 0.3) is 0 Å². The molecule has 5 nitrogen and oxygen atoms in total. The van der Waals surface area contributed by atoms with Crippen molar-refractivity contribution in [3.8, 4) is 5.75 Å². The van der Waals surface area contributed by atoms with Crippen LogP contribution in [-0.4, -0.2) is 25.7 Å². The van der Waals surface area contributed by atoms with Gasteiger partial charge >= 0.3 is 0 Å². The minimum absolute atomic E-state index is 0. The van der Waals surface area contributed by atoms with E-state index < -0.39 is 5.41 Å². The fourth-order valence-electron chi connectivity index (χ4n) is 3.09. The van der Waals surface area contributed by atoms with Crippen LogP contribution in [-0.2, 0) is 22.7 Å². The predicted octanol–water partition coefficient (Wildman–Crippen LogP) is 3.06. The highest BCUT2D eigenvalue weighted by Gasteiger charge is 2.38. The lowest BCUT2D eigenvalue weighted by Crippen LogP contribution is -2.48. The molecule has 1 aliphatic heterocycles. The highest BCUT2D eigenvalue weighted by atomic mass is 35.5. The largest absolute Gasteiger partial charge is 0.489 e. The number of benzene rings is 2. The number of hydrogen-bond acceptors (Lipinski definition) is 4. The molecule has 1 heterocycles. The Balaban J connectivity index is 0.00000261. The van der Waals surface area contributed by atoms with Crippen molar-refractivity contribution in [3.05, 3.63) is 65.7 Å². The fourth-order valence-corrected chi connectivity index (χ4v) is 3.09. The molecule has 1 aliphatic rings. The summed E-state index contributed by atoms with van der Waals surface area (Å²) in [6, 6.07) is 17.8. The maximum Gasteiger partial charge on any atom is 0.227 e. The number of rotatable bonds is 7. The Labute approximate surface area is 166 Å². The maximum absolute atomic E-state index is 12.6. The standard InChI is InChI=1S/C21H26N2O3.ClH/c22-16-21(10-12-25-13-11-21)20(24)23-14-17-6-8-18(9-7-17)15-26-19-4-2-1-3-5-19;/h1-9H,10-16,22H2,(H,23,24);1H. The average molecular weight is 391 g/mol. The van der Waals surface area contributed by atoms with Gasteiger partial charge in [-0.3, -0.25) is 4.79 Å². The van der Waals surface area contributed by atoms with Gasteiger partial charge in [-0.1, -0.05) is 42.5 Å². The van der Waals surface area contributed by atoms with E-state index in [4.69, 9.17) is 15.2 Å². The molecular formula is C21H27ClN2O3. The van der Waals surface area contributed by atoms with Crippen LogP contribution in [0.25, 0.3) is 0 Å². The Kier molecular flexibility index (Phi) is 8.10. The molecule has 0 aromatic heterocycles. The summed E-state index contributed by atoms with van der Waals surface area (Å²) in [6.07, 6.45) is 1.37. The van der Waals surface area contributed by atoms with E-state index in [1.807, 2.05) is 54.6 Å². The summed E-state index contributed by atoms with van der Waals surface area (Å²) in [5.74, 6) is 0.882. The van der Waals surface area contributed by atoms with Gasteiger partial charge in [-0.2, -0.15) is 0 Å². The van der Waals surface area contributed by atoms with Crippen molar-refractivity contribution in [2.45, 2.75) is 26.0 Å². The maximum atomic E-state index is 12.6. The second-order valence-electron chi connectivity index (χ2n) is 6.70. The van der Waals surface area contributed by atoms with Gasteiger partial charge in [-0.05, 0) is 36.1 Å². The van der Waals surface area contributed by atoms with Gasteiger partial charge in [0.15, 0.2) is 0 Å². The van der Waals surface area contributed by atoms with E-state index >= 15 is 0 Å². The first kappa shape index (κ1) is 21.2. The zero-order valence-corrected chi connectivity index (χ0v) is 16.2. The lowest BCUT2D eigenvalue weighted by molar-refractivity contribution is -0.136. The number of ether oxygens (including phenoxy) is 2. The highest BCUT2D eigenvalue weighted by Crippen LogP contribution is 2.29. The van der Waals surface area contributed by atoms with Gasteiger partial charge in [0.05, 0.1) is 5.41 Å². The van der Waals surface area contributed by atoms with Crippen LogP contribution in [0, 0.1) is 5.41 Å². The lowest BCUT2D eigenvalue weighted by Gasteiger charge is -2.34. The molecule has 146 valence electrons. The SMILES string of the molecule is Cl.NCC1(C(=O)NCc2ccc(COc3ccccc3)cc2)CCOCC1. The number of amides is 1. The Bertz CT molecular complexity index is 701. The van der Waals surface area contributed by atoms with Crippen molar-refractivity contribution < 1.29 is 14.3 Å². The van der Waals surface area contributed by atoms with Gasteiger partial charge in [0.2, 0.25) is 5.91 Å². The number of nitrogens with one attached hydrogen (secondary N) is 1. The summed E-state index contributed by atoms with van der Waals surface area (Å²) in [7, 11) is 0. The molecule has 0 saturated carbocycles. The number of nitrogens with two attached hydrogens (primary N) is 1. The molecular weight excluding hydrogens is 364 g/mol. The molecule has 1 saturated heterocycles. The first-order valence-electron chi connectivity index (χ1n) is 9.04. The van der Waals surface area contributed by atoms with Crippen LogP contribution in [0.3, 0.4) is 0 Å². The quantitative estimate of drug-likeness (QED) is 0.762. The highest BCUT2D eigenvalue weighted by molar-refractivity contribution is 5.85. The average Bonchev–Trinajstić information content (AvgIpc) is 2.72. The molecule has 3 rings (SSSR count). The number of para-hydroxylation sites is 1. The van der Waals surface area contributed by atoms with Crippen LogP contribution < -0.4 is 15.8 Å². The zero-order valence-electron chi connectivity index (χ0n) is 15.4. The summed E-state index contributed by atoms with van der Waals surface area (Å²) >= 11 is 0. The number of hydrogen-bond donors (Lipinski definition) is 2. The Morgan fingerprint density at radius 3 is 2.30 bits per heavy atom. The van der Waals surface area contributed by atoms with E-state index in [0.717, 1.165) is 16.9 Å². The monoisotopic (exact) mass is 390 g/mol. The van der Waals surface area contributed by atoms with E-state index in [1.54, 1.807) is 0 Å². The van der Waals surface area contributed by atoms with Crippen molar-refractivity contribution in [2.75, 3.05) is 19.8 Å². The third-order valence-electron chi connectivity index (χ3n) is 4.95. The van der Waals surface area contributed by atoms with Crippen molar-refractivity contribution in [1.82, 2.24) is 5.32 Å². The Morgan fingerprint density at radius 2 is 1.67 bits per heavy atom. The van der Waals surface area contributed by atoms with Crippen molar-refractivity contribution in [1.29, 1.82) is 0 Å². The van der Waals surface area contributed by atoms with E-state index in [1.165, 1.54) is 0 Å². The molecule has 1 fully saturated rings. The smallest absolute Gasteiger partial charge is 0.227 e. The third kappa shape index (κ3) is 5.70. The molecule has 2 aromatic rings. The summed E-state index contributed by atoms with van der Waals surface area (Å²) in [5, 5.41) is 3.03. The summed E-state index contributed by atoms with van der Waals surface area (Å²) in [4.78, 5) is 12.6. The van der Waals surface area contributed by atoms with Gasteiger partial charge in [0, 0.05) is 26.3 Å². The van der Waals surface area contributed by atoms with Crippen LogP contribution in [0.1, 0.15) is 24.0 Å². The lowest BCUT2D eigenvalue weighted by atomic mass is 9.79. The second kappa shape index (κ2) is 10.3. The fraction of sp³-hybridized carbons (Fsp3) is 0.381. The summed E-state index contributed by atoms with van der Waals surface area (Å²) in [5.41, 5.74) is 7.54. The second-order valence-corrected chi connectivity index (χ2v) is 6.70. The van der Waals surface area contributed by atoms with Crippen molar-refractivity contribution in [3.63, 3.8) is 0 Å².